The lowest BCUT2D eigenvalue weighted by Gasteiger charge is -2.43. The number of alkyl halides is 3. The number of amides is 1. The number of aliphatic hydroxyl groups excluding tert-OH is 1. The summed E-state index contributed by atoms with van der Waals surface area (Å²) in [7, 11) is 0. The minimum absolute atomic E-state index is 0.0229. The molecular weight excluding hydrogens is 389 g/mol. The SMILES string of the molecule is CC1CC(O)(C(CC(O)C(N)Cc2cccc(C(F)(F)F)c2)C(N)=O)CC(C)O1. The van der Waals surface area contributed by atoms with Crippen LogP contribution in [0.25, 0.3) is 0 Å². The molecule has 164 valence electrons. The molecule has 6 N–H and O–H groups in total. The predicted octanol–water partition coefficient (Wildman–Crippen LogP) is 1.75. The summed E-state index contributed by atoms with van der Waals surface area (Å²) in [5.41, 5.74) is 9.56. The highest BCUT2D eigenvalue weighted by Gasteiger charge is 2.46. The van der Waals surface area contributed by atoms with Crippen molar-refractivity contribution in [2.75, 3.05) is 0 Å². The fourth-order valence-electron chi connectivity index (χ4n) is 4.16. The van der Waals surface area contributed by atoms with Crippen LogP contribution in [-0.2, 0) is 22.1 Å². The highest BCUT2D eigenvalue weighted by atomic mass is 19.4. The fraction of sp³-hybridized carbons (Fsp3) is 0.650. The molecule has 2 rings (SSSR count). The molecule has 0 saturated carbocycles. The number of hydrogen-bond acceptors (Lipinski definition) is 5. The zero-order chi connectivity index (χ0) is 22.0. The normalized spacial score (nSPS) is 28.6. The number of benzene rings is 1. The van der Waals surface area contributed by atoms with E-state index in [1.807, 2.05) is 0 Å². The van der Waals surface area contributed by atoms with Gasteiger partial charge in [-0.05, 0) is 38.3 Å². The third-order valence-electron chi connectivity index (χ3n) is 5.44. The van der Waals surface area contributed by atoms with Crippen LogP contribution in [0, 0.1) is 5.92 Å². The largest absolute Gasteiger partial charge is 0.416 e. The Hall–Kier alpha value is -1.68. The van der Waals surface area contributed by atoms with Gasteiger partial charge in [0.15, 0.2) is 0 Å². The number of carbonyl (C=O) groups is 1. The molecule has 9 heteroatoms. The zero-order valence-electron chi connectivity index (χ0n) is 16.5. The van der Waals surface area contributed by atoms with E-state index in [4.69, 9.17) is 16.2 Å². The van der Waals surface area contributed by atoms with E-state index < -0.39 is 41.3 Å². The van der Waals surface area contributed by atoms with Crippen molar-refractivity contribution in [3.05, 3.63) is 35.4 Å². The third-order valence-corrected chi connectivity index (χ3v) is 5.44. The minimum Gasteiger partial charge on any atom is -0.391 e. The summed E-state index contributed by atoms with van der Waals surface area (Å²) < 4.78 is 44.2. The molecule has 1 heterocycles. The number of rotatable bonds is 7. The van der Waals surface area contributed by atoms with Gasteiger partial charge >= 0.3 is 6.18 Å². The molecule has 6 nitrogen and oxygen atoms in total. The van der Waals surface area contributed by atoms with Crippen LogP contribution >= 0.6 is 0 Å². The molecule has 1 aromatic rings. The lowest BCUT2D eigenvalue weighted by atomic mass is 9.73. The number of aliphatic hydroxyl groups is 2. The molecule has 0 radical (unpaired) electrons. The summed E-state index contributed by atoms with van der Waals surface area (Å²) in [4.78, 5) is 12.0. The first kappa shape index (κ1) is 23.6. The van der Waals surface area contributed by atoms with E-state index in [9.17, 15) is 28.2 Å². The monoisotopic (exact) mass is 418 g/mol. The van der Waals surface area contributed by atoms with Gasteiger partial charge in [-0.2, -0.15) is 13.2 Å². The molecule has 5 atom stereocenters. The van der Waals surface area contributed by atoms with E-state index in [-0.39, 0.29) is 37.9 Å². The van der Waals surface area contributed by atoms with E-state index in [1.54, 1.807) is 13.8 Å². The van der Waals surface area contributed by atoms with Gasteiger partial charge < -0.3 is 26.4 Å². The van der Waals surface area contributed by atoms with E-state index in [0.29, 0.717) is 5.56 Å². The lowest BCUT2D eigenvalue weighted by molar-refractivity contribution is -0.168. The van der Waals surface area contributed by atoms with Crippen LogP contribution in [0.1, 0.15) is 44.2 Å². The van der Waals surface area contributed by atoms with Gasteiger partial charge in [-0.3, -0.25) is 4.79 Å². The highest BCUT2D eigenvalue weighted by molar-refractivity contribution is 5.78. The molecule has 1 aliphatic rings. The molecule has 0 aliphatic carbocycles. The maximum atomic E-state index is 12.9. The molecule has 0 spiro atoms. The maximum absolute atomic E-state index is 12.9. The Morgan fingerprint density at radius 2 is 1.90 bits per heavy atom. The Bertz CT molecular complexity index is 703. The van der Waals surface area contributed by atoms with Crippen LogP contribution in [0.2, 0.25) is 0 Å². The molecule has 1 fully saturated rings. The number of nitrogens with two attached hydrogens (primary N) is 2. The molecular formula is C20H29F3N2O4. The Kier molecular flexibility index (Phi) is 7.32. The number of ether oxygens (including phenoxy) is 1. The van der Waals surface area contributed by atoms with Crippen molar-refractivity contribution in [2.24, 2.45) is 17.4 Å². The molecule has 0 bridgehead atoms. The smallest absolute Gasteiger partial charge is 0.391 e. The van der Waals surface area contributed by atoms with Crippen LogP contribution in [0.15, 0.2) is 24.3 Å². The van der Waals surface area contributed by atoms with Crippen LogP contribution in [-0.4, -0.2) is 46.1 Å². The molecule has 1 amide bonds. The fourth-order valence-corrected chi connectivity index (χ4v) is 4.16. The lowest BCUT2D eigenvalue weighted by Crippen LogP contribution is -2.54. The molecule has 1 aromatic carbocycles. The first-order valence-electron chi connectivity index (χ1n) is 9.58. The van der Waals surface area contributed by atoms with Gasteiger partial charge in [0.05, 0.1) is 35.4 Å². The summed E-state index contributed by atoms with van der Waals surface area (Å²) in [6.07, 6.45) is -6.14. The van der Waals surface area contributed by atoms with E-state index >= 15 is 0 Å². The van der Waals surface area contributed by atoms with Crippen LogP contribution in [0.5, 0.6) is 0 Å². The Balaban J connectivity index is 2.10. The number of hydrogen-bond donors (Lipinski definition) is 4. The first-order chi connectivity index (χ1) is 13.3. The summed E-state index contributed by atoms with van der Waals surface area (Å²) in [5, 5.41) is 21.5. The second-order valence-electron chi connectivity index (χ2n) is 8.09. The van der Waals surface area contributed by atoms with Crippen molar-refractivity contribution < 1.29 is 32.9 Å². The molecule has 29 heavy (non-hydrogen) atoms. The summed E-state index contributed by atoms with van der Waals surface area (Å²) >= 11 is 0. The standard InChI is InChI=1S/C20H29F3N2O4/c1-11-9-19(28,10-12(2)29-11)15(18(25)27)8-17(26)16(24)7-13-4-3-5-14(6-13)20(21,22)23/h3-6,11-12,15-17,26,28H,7-10,24H2,1-2H3,(H2,25,27). The molecule has 5 unspecified atom stereocenters. The van der Waals surface area contributed by atoms with Gasteiger partial charge in [-0.15, -0.1) is 0 Å². The average Bonchev–Trinajstić information content (AvgIpc) is 2.57. The summed E-state index contributed by atoms with van der Waals surface area (Å²) in [6, 6.07) is 3.77. The Labute approximate surface area is 168 Å². The number of carbonyl (C=O) groups excluding carboxylic acids is 1. The first-order valence-corrected chi connectivity index (χ1v) is 9.58. The number of halogens is 3. The van der Waals surface area contributed by atoms with Crippen molar-refractivity contribution in [3.63, 3.8) is 0 Å². The van der Waals surface area contributed by atoms with Gasteiger partial charge in [0.2, 0.25) is 5.91 Å². The number of primary amides is 1. The van der Waals surface area contributed by atoms with Crippen molar-refractivity contribution >= 4 is 5.91 Å². The summed E-state index contributed by atoms with van der Waals surface area (Å²) in [5.74, 6) is -1.82. The second kappa shape index (κ2) is 8.99. The van der Waals surface area contributed by atoms with E-state index in [0.717, 1.165) is 12.1 Å². The van der Waals surface area contributed by atoms with Crippen LogP contribution < -0.4 is 11.5 Å². The second-order valence-corrected chi connectivity index (χ2v) is 8.09. The van der Waals surface area contributed by atoms with Crippen molar-refractivity contribution in [1.29, 1.82) is 0 Å². The average molecular weight is 418 g/mol. The molecule has 1 saturated heterocycles. The van der Waals surface area contributed by atoms with Gasteiger partial charge in [-0.25, -0.2) is 0 Å². The zero-order valence-corrected chi connectivity index (χ0v) is 16.5. The van der Waals surface area contributed by atoms with Gasteiger partial charge in [0.1, 0.15) is 0 Å². The van der Waals surface area contributed by atoms with Crippen LogP contribution in [0.3, 0.4) is 0 Å². The molecule has 0 aromatic heterocycles. The van der Waals surface area contributed by atoms with Gasteiger partial charge in [0.25, 0.3) is 0 Å². The third kappa shape index (κ3) is 6.15. The maximum Gasteiger partial charge on any atom is 0.416 e. The van der Waals surface area contributed by atoms with Gasteiger partial charge in [0, 0.05) is 18.9 Å². The van der Waals surface area contributed by atoms with Crippen molar-refractivity contribution in [3.8, 4) is 0 Å². The molecule has 1 aliphatic heterocycles. The minimum atomic E-state index is -4.48. The van der Waals surface area contributed by atoms with Crippen molar-refractivity contribution in [1.82, 2.24) is 0 Å². The predicted molar refractivity (Wildman–Crippen MR) is 101 cm³/mol. The van der Waals surface area contributed by atoms with Crippen molar-refractivity contribution in [2.45, 2.75) is 75.7 Å². The Morgan fingerprint density at radius 3 is 2.41 bits per heavy atom. The topological polar surface area (TPSA) is 119 Å². The van der Waals surface area contributed by atoms with E-state index in [2.05, 4.69) is 0 Å². The quantitative estimate of drug-likeness (QED) is 0.538. The summed E-state index contributed by atoms with van der Waals surface area (Å²) in [6.45, 7) is 3.54. The Morgan fingerprint density at radius 1 is 1.31 bits per heavy atom. The van der Waals surface area contributed by atoms with Gasteiger partial charge in [-0.1, -0.05) is 18.2 Å². The van der Waals surface area contributed by atoms with Crippen LogP contribution in [0.4, 0.5) is 13.2 Å². The highest BCUT2D eigenvalue weighted by Crippen LogP contribution is 2.37. The van der Waals surface area contributed by atoms with E-state index in [1.165, 1.54) is 12.1 Å².